The molecular formula is C24H25N3O3S. The Bertz CT molecular complexity index is 1060. The highest BCUT2D eigenvalue weighted by Gasteiger charge is 2.39. The van der Waals surface area contributed by atoms with Gasteiger partial charge in [-0.05, 0) is 30.2 Å². The molecule has 1 atom stereocenters. The molecule has 0 aromatic heterocycles. The minimum atomic E-state index is -0.350. The van der Waals surface area contributed by atoms with Crippen LogP contribution in [0.25, 0.3) is 0 Å². The molecule has 0 N–H and O–H groups in total. The summed E-state index contributed by atoms with van der Waals surface area (Å²) in [6.45, 7) is 2.58. The van der Waals surface area contributed by atoms with Crippen molar-refractivity contribution >= 4 is 23.4 Å². The van der Waals surface area contributed by atoms with E-state index in [1.807, 2.05) is 18.2 Å². The first-order valence-corrected chi connectivity index (χ1v) is 11.2. The van der Waals surface area contributed by atoms with Gasteiger partial charge in [0, 0.05) is 23.6 Å². The van der Waals surface area contributed by atoms with Gasteiger partial charge in [0.1, 0.15) is 0 Å². The van der Waals surface area contributed by atoms with Gasteiger partial charge in [0.2, 0.25) is 5.91 Å². The second-order valence-electron chi connectivity index (χ2n) is 7.47. The number of hydrogen-bond acceptors (Lipinski definition) is 6. The number of para-hydroxylation sites is 1. The summed E-state index contributed by atoms with van der Waals surface area (Å²) < 4.78 is 11.0. The fourth-order valence-electron chi connectivity index (χ4n) is 4.12. The third-order valence-electron chi connectivity index (χ3n) is 5.81. The van der Waals surface area contributed by atoms with Crippen LogP contribution in [0.2, 0.25) is 0 Å². The van der Waals surface area contributed by atoms with Crippen LogP contribution in [0.15, 0.2) is 53.1 Å². The normalized spacial score (nSPS) is 18.5. The van der Waals surface area contributed by atoms with E-state index in [2.05, 4.69) is 42.2 Å². The Morgan fingerprint density at radius 3 is 2.58 bits per heavy atom. The standard InChI is InChI=1S/C24H25N3O3S/c1-4-16-8-10-17(11-9-16)26-14-27-22(28)12-19(20(13-25)24(27)31-15-26)18-6-5-7-21(29-2)23(18)30-3/h5-11,19H,4,12,14-15H2,1-3H3. The number of benzene rings is 2. The summed E-state index contributed by atoms with van der Waals surface area (Å²) in [6.07, 6.45) is 1.21. The van der Waals surface area contributed by atoms with Crippen LogP contribution in [0.3, 0.4) is 0 Å². The second kappa shape index (κ2) is 8.94. The highest BCUT2D eigenvalue weighted by Crippen LogP contribution is 2.47. The molecule has 0 spiro atoms. The van der Waals surface area contributed by atoms with E-state index in [0.29, 0.717) is 29.6 Å². The van der Waals surface area contributed by atoms with Gasteiger partial charge in [0.05, 0.1) is 43.4 Å². The highest BCUT2D eigenvalue weighted by atomic mass is 32.2. The van der Waals surface area contributed by atoms with E-state index in [1.54, 1.807) is 19.1 Å². The van der Waals surface area contributed by atoms with Gasteiger partial charge in [-0.1, -0.05) is 43.0 Å². The van der Waals surface area contributed by atoms with Crippen molar-refractivity contribution < 1.29 is 14.3 Å². The molecule has 0 radical (unpaired) electrons. The first kappa shape index (κ1) is 21.1. The molecule has 6 nitrogen and oxygen atoms in total. The lowest BCUT2D eigenvalue weighted by Crippen LogP contribution is -2.47. The number of amides is 1. The molecule has 7 heteroatoms. The maximum atomic E-state index is 13.2. The van der Waals surface area contributed by atoms with Gasteiger partial charge < -0.3 is 14.4 Å². The van der Waals surface area contributed by atoms with Gasteiger partial charge >= 0.3 is 0 Å². The summed E-state index contributed by atoms with van der Waals surface area (Å²) in [5, 5.41) is 10.8. The molecule has 160 valence electrons. The van der Waals surface area contributed by atoms with Crippen LogP contribution >= 0.6 is 11.8 Å². The molecular weight excluding hydrogens is 410 g/mol. The molecule has 0 saturated carbocycles. The average molecular weight is 436 g/mol. The molecule has 2 aliphatic rings. The third-order valence-corrected chi connectivity index (χ3v) is 6.97. The van der Waals surface area contributed by atoms with E-state index >= 15 is 0 Å². The van der Waals surface area contributed by atoms with E-state index in [9.17, 15) is 10.1 Å². The second-order valence-corrected chi connectivity index (χ2v) is 8.40. The number of methoxy groups -OCH3 is 2. The lowest BCUT2D eigenvalue weighted by atomic mass is 9.85. The van der Waals surface area contributed by atoms with Gasteiger partial charge in [-0.15, -0.1) is 0 Å². The summed E-state index contributed by atoms with van der Waals surface area (Å²) in [5.41, 5.74) is 3.77. The lowest BCUT2D eigenvalue weighted by Gasteiger charge is -2.42. The van der Waals surface area contributed by atoms with Gasteiger partial charge in [0.25, 0.3) is 0 Å². The molecule has 31 heavy (non-hydrogen) atoms. The summed E-state index contributed by atoms with van der Waals surface area (Å²) in [5.74, 6) is 1.50. The maximum Gasteiger partial charge on any atom is 0.229 e. The monoisotopic (exact) mass is 435 g/mol. The Kier molecular flexibility index (Phi) is 6.10. The highest BCUT2D eigenvalue weighted by molar-refractivity contribution is 8.03. The van der Waals surface area contributed by atoms with Crippen LogP contribution in [0.4, 0.5) is 5.69 Å². The van der Waals surface area contributed by atoms with Crippen molar-refractivity contribution in [1.29, 1.82) is 5.26 Å². The van der Waals surface area contributed by atoms with Crippen molar-refractivity contribution in [2.75, 3.05) is 31.7 Å². The maximum absolute atomic E-state index is 13.2. The summed E-state index contributed by atoms with van der Waals surface area (Å²) in [4.78, 5) is 17.1. The van der Waals surface area contributed by atoms with Crippen LogP contribution in [0, 0.1) is 11.3 Å². The lowest BCUT2D eigenvalue weighted by molar-refractivity contribution is -0.129. The number of ether oxygens (including phenoxy) is 2. The zero-order valence-electron chi connectivity index (χ0n) is 17.9. The fraction of sp³-hybridized carbons (Fsp3) is 0.333. The zero-order chi connectivity index (χ0) is 22.0. The number of nitrogens with zero attached hydrogens (tertiary/aromatic N) is 3. The van der Waals surface area contributed by atoms with E-state index < -0.39 is 0 Å². The molecule has 2 aromatic carbocycles. The van der Waals surface area contributed by atoms with Crippen molar-refractivity contribution in [2.45, 2.75) is 25.7 Å². The van der Waals surface area contributed by atoms with Crippen molar-refractivity contribution in [3.05, 3.63) is 64.2 Å². The minimum absolute atomic E-state index is 0.00579. The van der Waals surface area contributed by atoms with Crippen LogP contribution in [0.5, 0.6) is 11.5 Å². The molecule has 0 bridgehead atoms. The quantitative estimate of drug-likeness (QED) is 0.690. The third kappa shape index (κ3) is 3.84. The smallest absolute Gasteiger partial charge is 0.229 e. The number of aryl methyl sites for hydroxylation is 1. The van der Waals surface area contributed by atoms with Crippen molar-refractivity contribution in [1.82, 2.24) is 4.90 Å². The Morgan fingerprint density at radius 2 is 1.94 bits per heavy atom. The first-order chi connectivity index (χ1) is 15.1. The number of anilines is 1. The van der Waals surface area contributed by atoms with Crippen LogP contribution in [-0.2, 0) is 11.2 Å². The number of carbonyl (C=O) groups is 1. The number of thioether (sulfide) groups is 1. The summed E-state index contributed by atoms with van der Waals surface area (Å²) in [7, 11) is 3.16. The van der Waals surface area contributed by atoms with E-state index in [1.165, 1.54) is 17.3 Å². The summed E-state index contributed by atoms with van der Waals surface area (Å²) in [6, 6.07) is 16.4. The molecule has 1 unspecified atom stereocenters. The Labute approximate surface area is 187 Å². The number of rotatable bonds is 5. The number of fused-ring (bicyclic) bond motifs is 1. The largest absolute Gasteiger partial charge is 0.493 e. The topological polar surface area (TPSA) is 65.8 Å². The SMILES string of the molecule is CCc1ccc(N2CSC3=C(C#N)C(c4cccc(OC)c4OC)CC(=O)N3C2)cc1. The molecule has 2 heterocycles. The van der Waals surface area contributed by atoms with E-state index in [0.717, 1.165) is 22.7 Å². The molecule has 4 rings (SSSR count). The van der Waals surface area contributed by atoms with Gasteiger partial charge in [-0.3, -0.25) is 9.69 Å². The summed E-state index contributed by atoms with van der Waals surface area (Å²) >= 11 is 1.53. The molecule has 2 aromatic rings. The van der Waals surface area contributed by atoms with Crippen molar-refractivity contribution in [2.24, 2.45) is 0 Å². The number of nitriles is 1. The first-order valence-electron chi connectivity index (χ1n) is 10.2. The zero-order valence-corrected chi connectivity index (χ0v) is 18.7. The molecule has 0 aliphatic carbocycles. The molecule has 1 saturated heterocycles. The Hall–Kier alpha value is -3.11. The van der Waals surface area contributed by atoms with Crippen LogP contribution in [-0.4, -0.2) is 37.6 Å². The molecule has 1 fully saturated rings. The Balaban J connectivity index is 1.68. The van der Waals surface area contributed by atoms with E-state index in [4.69, 9.17) is 9.47 Å². The van der Waals surface area contributed by atoms with Crippen molar-refractivity contribution in [3.63, 3.8) is 0 Å². The fourth-order valence-corrected chi connectivity index (χ4v) is 5.29. The predicted molar refractivity (Wildman–Crippen MR) is 122 cm³/mol. The molecule has 1 amide bonds. The average Bonchev–Trinajstić information content (AvgIpc) is 2.83. The number of allylic oxidation sites excluding steroid dienone is 1. The Morgan fingerprint density at radius 1 is 1.16 bits per heavy atom. The van der Waals surface area contributed by atoms with Gasteiger partial charge in [-0.25, -0.2) is 0 Å². The number of carbonyl (C=O) groups excluding carboxylic acids is 1. The van der Waals surface area contributed by atoms with Crippen LogP contribution in [0.1, 0.15) is 30.4 Å². The van der Waals surface area contributed by atoms with Crippen LogP contribution < -0.4 is 14.4 Å². The minimum Gasteiger partial charge on any atom is -0.493 e. The predicted octanol–water partition coefficient (Wildman–Crippen LogP) is 4.49. The van der Waals surface area contributed by atoms with Crippen molar-refractivity contribution in [3.8, 4) is 17.6 Å². The number of hydrogen-bond donors (Lipinski definition) is 0. The van der Waals surface area contributed by atoms with E-state index in [-0.39, 0.29) is 18.2 Å². The molecule has 2 aliphatic heterocycles. The van der Waals surface area contributed by atoms with Gasteiger partial charge in [-0.2, -0.15) is 5.26 Å². The van der Waals surface area contributed by atoms with Gasteiger partial charge in [0.15, 0.2) is 11.5 Å².